The fourth-order valence-electron chi connectivity index (χ4n) is 1.51. The zero-order valence-electron chi connectivity index (χ0n) is 9.28. The van der Waals surface area contributed by atoms with E-state index in [1.165, 1.54) is 36.0 Å². The lowest BCUT2D eigenvalue weighted by molar-refractivity contribution is 0.621. The first-order valence-electron chi connectivity index (χ1n) is 5.14. The van der Waals surface area contributed by atoms with Gasteiger partial charge in [0.2, 0.25) is 0 Å². The van der Waals surface area contributed by atoms with Crippen LogP contribution in [-0.2, 0) is 0 Å². The second-order valence-corrected chi connectivity index (χ2v) is 4.70. The zero-order valence-corrected chi connectivity index (χ0v) is 10.1. The molecule has 3 N–H and O–H groups in total. The van der Waals surface area contributed by atoms with E-state index in [-0.39, 0.29) is 17.2 Å². The van der Waals surface area contributed by atoms with Gasteiger partial charge in [-0.2, -0.15) is 0 Å². The van der Waals surface area contributed by atoms with Crippen LogP contribution in [0.4, 0.5) is 8.78 Å². The molecule has 5 heteroatoms. The molecule has 0 fully saturated rings. The highest BCUT2D eigenvalue weighted by Crippen LogP contribution is 2.31. The molecule has 0 saturated carbocycles. The fourth-order valence-corrected chi connectivity index (χ4v) is 2.54. The monoisotopic (exact) mass is 264 g/mol. The lowest BCUT2D eigenvalue weighted by Crippen LogP contribution is -2.14. The van der Waals surface area contributed by atoms with Gasteiger partial charge in [-0.25, -0.2) is 8.78 Å². The summed E-state index contributed by atoms with van der Waals surface area (Å²) in [6.45, 7) is 0. The van der Waals surface area contributed by atoms with Crippen molar-refractivity contribution >= 4 is 17.6 Å². The number of rotatable bonds is 3. The van der Waals surface area contributed by atoms with Crippen molar-refractivity contribution in [2.75, 3.05) is 0 Å². The average molecular weight is 264 g/mol. The number of halogens is 2. The Morgan fingerprint density at radius 2 is 1.83 bits per heavy atom. The zero-order chi connectivity index (χ0) is 13.1. The third-order valence-corrected chi connectivity index (χ3v) is 3.32. The molecule has 0 atom stereocenters. The molecule has 0 unspecified atom stereocenters. The van der Waals surface area contributed by atoms with Crippen LogP contribution in [0.1, 0.15) is 5.56 Å². The molecule has 2 aromatic carbocycles. The molecule has 0 aliphatic rings. The average Bonchev–Trinajstić information content (AvgIpc) is 2.28. The summed E-state index contributed by atoms with van der Waals surface area (Å²) in [5.74, 6) is -1.25. The van der Waals surface area contributed by atoms with E-state index in [9.17, 15) is 8.78 Å². The molecule has 0 amide bonds. The van der Waals surface area contributed by atoms with Gasteiger partial charge in [0.05, 0.1) is 5.56 Å². The highest BCUT2D eigenvalue weighted by Gasteiger charge is 2.12. The normalized spacial score (nSPS) is 10.3. The molecule has 0 aliphatic carbocycles. The highest BCUT2D eigenvalue weighted by atomic mass is 32.2. The molecular formula is C13H10F2N2S. The number of nitrogens with two attached hydrogens (primary N) is 1. The Morgan fingerprint density at radius 3 is 2.50 bits per heavy atom. The van der Waals surface area contributed by atoms with Crippen LogP contribution < -0.4 is 5.73 Å². The van der Waals surface area contributed by atoms with Gasteiger partial charge in [-0.15, -0.1) is 0 Å². The van der Waals surface area contributed by atoms with E-state index in [0.29, 0.717) is 9.79 Å². The van der Waals surface area contributed by atoms with Crippen LogP contribution in [0.2, 0.25) is 0 Å². The summed E-state index contributed by atoms with van der Waals surface area (Å²) >= 11 is 1.17. The Hall–Kier alpha value is -1.88. The summed E-state index contributed by atoms with van der Waals surface area (Å²) in [5, 5.41) is 7.38. The minimum Gasteiger partial charge on any atom is -0.384 e. The van der Waals surface area contributed by atoms with Gasteiger partial charge in [-0.05, 0) is 30.3 Å². The lowest BCUT2D eigenvalue weighted by Gasteiger charge is -2.08. The standard InChI is InChI=1S/C13H10F2N2S/c14-8-3-1-4-9(7-8)18-11-6-2-5-10(15)12(11)13(16)17/h1-7H,(H3,16,17). The van der Waals surface area contributed by atoms with Gasteiger partial charge in [0.25, 0.3) is 0 Å². The largest absolute Gasteiger partial charge is 0.384 e. The summed E-state index contributed by atoms with van der Waals surface area (Å²) in [4.78, 5) is 1.12. The Labute approximate surface area is 107 Å². The fraction of sp³-hybridized carbons (Fsp3) is 0. The molecule has 0 bridgehead atoms. The van der Waals surface area contributed by atoms with Crippen molar-refractivity contribution in [2.24, 2.45) is 5.73 Å². The molecule has 0 aliphatic heterocycles. The van der Waals surface area contributed by atoms with Gasteiger partial charge >= 0.3 is 0 Å². The number of nitrogen functional groups attached to an aromatic ring is 1. The molecule has 0 radical (unpaired) electrons. The molecule has 0 aromatic heterocycles. The molecule has 0 spiro atoms. The predicted octanol–water partition coefficient (Wildman–Crippen LogP) is 3.40. The number of amidine groups is 1. The van der Waals surface area contributed by atoms with Crippen LogP contribution in [0.25, 0.3) is 0 Å². The smallest absolute Gasteiger partial charge is 0.135 e. The summed E-state index contributed by atoms with van der Waals surface area (Å²) < 4.78 is 26.6. The third-order valence-electron chi connectivity index (χ3n) is 2.27. The van der Waals surface area contributed by atoms with Crippen molar-refractivity contribution in [2.45, 2.75) is 9.79 Å². The second-order valence-electron chi connectivity index (χ2n) is 3.59. The molecule has 0 heterocycles. The molecule has 92 valence electrons. The van der Waals surface area contributed by atoms with Crippen LogP contribution in [0, 0.1) is 17.0 Å². The Balaban J connectivity index is 2.40. The van der Waals surface area contributed by atoms with Gasteiger partial charge < -0.3 is 5.73 Å². The molecule has 2 rings (SSSR count). The maximum atomic E-state index is 13.6. The van der Waals surface area contributed by atoms with E-state index in [0.717, 1.165) is 0 Å². The van der Waals surface area contributed by atoms with E-state index in [1.807, 2.05) is 0 Å². The number of hydrogen-bond donors (Lipinski definition) is 2. The van der Waals surface area contributed by atoms with Crippen LogP contribution >= 0.6 is 11.8 Å². The number of nitrogens with one attached hydrogen (secondary N) is 1. The van der Waals surface area contributed by atoms with Gasteiger partial charge in [0.1, 0.15) is 17.5 Å². The minimum absolute atomic E-state index is 0.0479. The predicted molar refractivity (Wildman–Crippen MR) is 67.9 cm³/mol. The van der Waals surface area contributed by atoms with E-state index in [4.69, 9.17) is 11.1 Å². The van der Waals surface area contributed by atoms with Crippen molar-refractivity contribution in [3.8, 4) is 0 Å². The maximum absolute atomic E-state index is 13.6. The number of hydrogen-bond acceptors (Lipinski definition) is 2. The SMILES string of the molecule is N=C(N)c1c(F)cccc1Sc1cccc(F)c1. The Bertz CT molecular complexity index is 599. The van der Waals surface area contributed by atoms with Crippen LogP contribution in [0.15, 0.2) is 52.3 Å². The van der Waals surface area contributed by atoms with E-state index >= 15 is 0 Å². The molecule has 2 nitrogen and oxygen atoms in total. The molecule has 2 aromatic rings. The topological polar surface area (TPSA) is 49.9 Å². The summed E-state index contributed by atoms with van der Waals surface area (Å²) in [7, 11) is 0. The first kappa shape index (κ1) is 12.6. The van der Waals surface area contributed by atoms with Crippen molar-refractivity contribution in [1.29, 1.82) is 5.41 Å². The molecule has 0 saturated heterocycles. The quantitative estimate of drug-likeness (QED) is 0.659. The lowest BCUT2D eigenvalue weighted by atomic mass is 10.2. The van der Waals surface area contributed by atoms with E-state index in [1.54, 1.807) is 18.2 Å². The van der Waals surface area contributed by atoms with Crippen LogP contribution in [0.3, 0.4) is 0 Å². The molecule has 18 heavy (non-hydrogen) atoms. The summed E-state index contributed by atoms with van der Waals surface area (Å²) in [6.07, 6.45) is 0. The van der Waals surface area contributed by atoms with Crippen molar-refractivity contribution in [3.05, 3.63) is 59.7 Å². The van der Waals surface area contributed by atoms with Gasteiger partial charge in [0.15, 0.2) is 0 Å². The third kappa shape index (κ3) is 2.68. The maximum Gasteiger partial charge on any atom is 0.135 e. The van der Waals surface area contributed by atoms with Gasteiger partial charge in [-0.1, -0.05) is 23.9 Å². The molecular weight excluding hydrogens is 254 g/mol. The van der Waals surface area contributed by atoms with Crippen LogP contribution in [0.5, 0.6) is 0 Å². The first-order valence-corrected chi connectivity index (χ1v) is 5.96. The number of benzene rings is 2. The van der Waals surface area contributed by atoms with Crippen molar-refractivity contribution in [1.82, 2.24) is 0 Å². The van der Waals surface area contributed by atoms with Crippen molar-refractivity contribution < 1.29 is 8.78 Å². The van der Waals surface area contributed by atoms with E-state index in [2.05, 4.69) is 0 Å². The Kier molecular flexibility index (Phi) is 3.62. The first-order chi connectivity index (χ1) is 8.58. The van der Waals surface area contributed by atoms with E-state index < -0.39 is 5.82 Å². The summed E-state index contributed by atoms with van der Waals surface area (Å²) in [5.41, 5.74) is 5.40. The summed E-state index contributed by atoms with van der Waals surface area (Å²) in [6, 6.07) is 10.4. The van der Waals surface area contributed by atoms with Gasteiger partial charge in [0, 0.05) is 9.79 Å². The van der Waals surface area contributed by atoms with Gasteiger partial charge in [-0.3, -0.25) is 5.41 Å². The minimum atomic E-state index is -0.552. The van der Waals surface area contributed by atoms with Crippen molar-refractivity contribution in [3.63, 3.8) is 0 Å². The van der Waals surface area contributed by atoms with Crippen LogP contribution in [-0.4, -0.2) is 5.84 Å². The highest BCUT2D eigenvalue weighted by molar-refractivity contribution is 7.99. The second kappa shape index (κ2) is 5.18. The Morgan fingerprint density at radius 1 is 1.11 bits per heavy atom.